The molecule has 0 bridgehead atoms. The maximum Gasteiger partial charge on any atom is 0.182 e. The average Bonchev–Trinajstić information content (AvgIpc) is 2.37. The second-order valence-corrected chi connectivity index (χ2v) is 5.34. The average molecular weight is 302 g/mol. The molecule has 3 nitrogen and oxygen atoms in total. The van der Waals surface area contributed by atoms with Crippen molar-refractivity contribution in [2.75, 3.05) is 25.1 Å². The standard InChI is InChI=1S/C14H20F2N2OS/c1-9(2)8-19-7-3-6-18-11-5-4-10(14(17)20)12(15)13(11)16/h4-5,9,18H,3,6-8H2,1-2H3,(H2,17,20). The fourth-order valence-corrected chi connectivity index (χ4v) is 1.75. The molecule has 0 aromatic heterocycles. The van der Waals surface area contributed by atoms with Gasteiger partial charge in [0.2, 0.25) is 0 Å². The molecule has 0 saturated heterocycles. The minimum atomic E-state index is -1.02. The molecule has 0 fully saturated rings. The third kappa shape index (κ3) is 5.02. The fraction of sp³-hybridized carbons (Fsp3) is 0.500. The Labute approximate surface area is 123 Å². The lowest BCUT2D eigenvalue weighted by Gasteiger charge is -2.11. The highest BCUT2D eigenvalue weighted by atomic mass is 32.1. The number of nitrogens with one attached hydrogen (secondary N) is 1. The first-order valence-electron chi connectivity index (χ1n) is 6.53. The number of anilines is 1. The van der Waals surface area contributed by atoms with Crippen molar-refractivity contribution in [2.45, 2.75) is 20.3 Å². The zero-order chi connectivity index (χ0) is 15.1. The maximum atomic E-state index is 13.7. The van der Waals surface area contributed by atoms with Crippen molar-refractivity contribution < 1.29 is 13.5 Å². The van der Waals surface area contributed by atoms with Crippen molar-refractivity contribution in [1.29, 1.82) is 0 Å². The van der Waals surface area contributed by atoms with Gasteiger partial charge in [0.1, 0.15) is 4.99 Å². The van der Waals surface area contributed by atoms with Gasteiger partial charge < -0.3 is 15.8 Å². The van der Waals surface area contributed by atoms with E-state index in [0.717, 1.165) is 0 Å². The highest BCUT2D eigenvalue weighted by molar-refractivity contribution is 7.80. The number of thiocarbonyl (C=S) groups is 1. The monoisotopic (exact) mass is 302 g/mol. The van der Waals surface area contributed by atoms with Crippen molar-refractivity contribution >= 4 is 22.9 Å². The molecule has 0 saturated carbocycles. The van der Waals surface area contributed by atoms with Crippen molar-refractivity contribution in [3.8, 4) is 0 Å². The Morgan fingerprint density at radius 1 is 1.35 bits per heavy atom. The first-order valence-corrected chi connectivity index (χ1v) is 6.93. The second-order valence-electron chi connectivity index (χ2n) is 4.90. The largest absolute Gasteiger partial charge is 0.389 e. The van der Waals surface area contributed by atoms with Gasteiger partial charge in [0.15, 0.2) is 11.6 Å². The minimum Gasteiger partial charge on any atom is -0.389 e. The summed E-state index contributed by atoms with van der Waals surface area (Å²) in [5.74, 6) is -1.49. The maximum absolute atomic E-state index is 13.7. The summed E-state index contributed by atoms with van der Waals surface area (Å²) >= 11 is 4.64. The number of nitrogens with two attached hydrogens (primary N) is 1. The molecule has 1 aromatic rings. The van der Waals surface area contributed by atoms with E-state index < -0.39 is 11.6 Å². The fourth-order valence-electron chi connectivity index (χ4n) is 1.59. The molecule has 0 spiro atoms. The van der Waals surface area contributed by atoms with Crippen LogP contribution in [0.1, 0.15) is 25.8 Å². The van der Waals surface area contributed by atoms with Crippen LogP contribution < -0.4 is 11.1 Å². The zero-order valence-corrected chi connectivity index (χ0v) is 12.5. The lowest BCUT2D eigenvalue weighted by molar-refractivity contribution is 0.110. The highest BCUT2D eigenvalue weighted by Gasteiger charge is 2.14. The van der Waals surface area contributed by atoms with E-state index in [0.29, 0.717) is 32.1 Å². The molecular formula is C14H20F2N2OS. The predicted octanol–water partition coefficient (Wildman–Crippen LogP) is 3.07. The summed E-state index contributed by atoms with van der Waals surface area (Å²) in [5, 5.41) is 2.83. The van der Waals surface area contributed by atoms with Gasteiger partial charge >= 0.3 is 0 Å². The van der Waals surface area contributed by atoms with Crippen LogP contribution in [0.5, 0.6) is 0 Å². The van der Waals surface area contributed by atoms with Crippen LogP contribution in [0.25, 0.3) is 0 Å². The van der Waals surface area contributed by atoms with Crippen LogP contribution in [0.15, 0.2) is 12.1 Å². The number of hydrogen-bond donors (Lipinski definition) is 2. The Bertz CT molecular complexity index is 467. The van der Waals surface area contributed by atoms with E-state index in [9.17, 15) is 8.78 Å². The van der Waals surface area contributed by atoms with Crippen molar-refractivity contribution in [1.82, 2.24) is 0 Å². The number of halogens is 2. The zero-order valence-electron chi connectivity index (χ0n) is 11.7. The van der Waals surface area contributed by atoms with Gasteiger partial charge in [-0.3, -0.25) is 0 Å². The molecule has 112 valence electrons. The normalized spacial score (nSPS) is 10.8. The molecule has 1 rings (SSSR count). The van der Waals surface area contributed by atoms with Crippen LogP contribution in [0.4, 0.5) is 14.5 Å². The van der Waals surface area contributed by atoms with Gasteiger partial charge in [-0.15, -0.1) is 0 Å². The molecular weight excluding hydrogens is 282 g/mol. The molecule has 0 unspecified atom stereocenters. The quantitative estimate of drug-likeness (QED) is 0.572. The molecule has 0 atom stereocenters. The van der Waals surface area contributed by atoms with Gasteiger partial charge in [-0.2, -0.15) is 0 Å². The highest BCUT2D eigenvalue weighted by Crippen LogP contribution is 2.20. The summed E-state index contributed by atoms with van der Waals surface area (Å²) < 4.78 is 32.7. The van der Waals surface area contributed by atoms with E-state index in [1.54, 1.807) is 0 Å². The molecule has 0 aliphatic heterocycles. The smallest absolute Gasteiger partial charge is 0.182 e. The van der Waals surface area contributed by atoms with Crippen molar-refractivity contribution in [3.05, 3.63) is 29.3 Å². The Morgan fingerprint density at radius 3 is 2.65 bits per heavy atom. The predicted molar refractivity (Wildman–Crippen MR) is 81.0 cm³/mol. The summed E-state index contributed by atoms with van der Waals surface area (Å²) in [6.45, 7) is 5.92. The molecule has 0 amide bonds. The van der Waals surface area contributed by atoms with Crippen LogP contribution in [-0.2, 0) is 4.74 Å². The van der Waals surface area contributed by atoms with Crippen LogP contribution in [0, 0.1) is 17.6 Å². The first kappa shape index (κ1) is 16.8. The molecule has 0 heterocycles. The van der Waals surface area contributed by atoms with Gasteiger partial charge in [0.25, 0.3) is 0 Å². The lowest BCUT2D eigenvalue weighted by atomic mass is 10.1. The van der Waals surface area contributed by atoms with Gasteiger partial charge in [0.05, 0.1) is 5.69 Å². The number of rotatable bonds is 8. The van der Waals surface area contributed by atoms with Gasteiger partial charge in [-0.25, -0.2) is 8.78 Å². The molecule has 20 heavy (non-hydrogen) atoms. The lowest BCUT2D eigenvalue weighted by Crippen LogP contribution is -2.14. The minimum absolute atomic E-state index is 0.0803. The van der Waals surface area contributed by atoms with E-state index in [4.69, 9.17) is 10.5 Å². The van der Waals surface area contributed by atoms with Gasteiger partial charge in [-0.05, 0) is 24.5 Å². The number of hydrogen-bond acceptors (Lipinski definition) is 3. The van der Waals surface area contributed by atoms with Crippen LogP contribution in [0.3, 0.4) is 0 Å². The van der Waals surface area contributed by atoms with E-state index in [1.807, 2.05) is 0 Å². The molecule has 1 aromatic carbocycles. The molecule has 6 heteroatoms. The van der Waals surface area contributed by atoms with E-state index >= 15 is 0 Å². The van der Waals surface area contributed by atoms with Crippen molar-refractivity contribution in [3.63, 3.8) is 0 Å². The third-order valence-corrected chi connectivity index (χ3v) is 2.80. The third-order valence-electron chi connectivity index (χ3n) is 2.58. The SMILES string of the molecule is CC(C)COCCCNc1ccc(C(N)=S)c(F)c1F. The molecule has 0 aliphatic rings. The molecule has 0 radical (unpaired) electrons. The summed E-state index contributed by atoms with van der Waals surface area (Å²) in [7, 11) is 0. The Balaban J connectivity index is 2.45. The van der Waals surface area contributed by atoms with Crippen LogP contribution in [0.2, 0.25) is 0 Å². The number of benzene rings is 1. The Hall–Kier alpha value is -1.27. The van der Waals surface area contributed by atoms with Crippen molar-refractivity contribution in [2.24, 2.45) is 11.7 Å². The summed E-state index contributed by atoms with van der Waals surface area (Å²) in [6, 6.07) is 2.81. The Morgan fingerprint density at radius 2 is 2.05 bits per heavy atom. The van der Waals surface area contributed by atoms with E-state index in [-0.39, 0.29) is 16.2 Å². The van der Waals surface area contributed by atoms with Gasteiger partial charge in [-0.1, -0.05) is 26.1 Å². The van der Waals surface area contributed by atoms with Crippen LogP contribution in [-0.4, -0.2) is 24.7 Å². The molecule has 3 N–H and O–H groups in total. The van der Waals surface area contributed by atoms with E-state index in [1.165, 1.54) is 12.1 Å². The first-order chi connectivity index (χ1) is 9.43. The Kier molecular flexibility index (Phi) is 6.81. The second kappa shape index (κ2) is 8.11. The van der Waals surface area contributed by atoms with Crippen LogP contribution >= 0.6 is 12.2 Å². The summed E-state index contributed by atoms with van der Waals surface area (Å²) in [4.78, 5) is -0.157. The molecule has 0 aliphatic carbocycles. The van der Waals surface area contributed by atoms with Gasteiger partial charge in [0, 0.05) is 25.3 Å². The number of ether oxygens (including phenoxy) is 1. The summed E-state index contributed by atoms with van der Waals surface area (Å²) in [5.41, 5.74) is 5.32. The van der Waals surface area contributed by atoms with E-state index in [2.05, 4.69) is 31.4 Å². The summed E-state index contributed by atoms with van der Waals surface area (Å²) in [6.07, 6.45) is 0.713. The topological polar surface area (TPSA) is 47.3 Å².